The summed E-state index contributed by atoms with van der Waals surface area (Å²) in [5.41, 5.74) is 0. The quantitative estimate of drug-likeness (QED) is 0.424. The molecule has 4 N–H and O–H groups in total. The molecule has 6 nitrogen and oxygen atoms in total. The van der Waals surface area contributed by atoms with Crippen molar-refractivity contribution in [1.82, 2.24) is 16.0 Å². The zero-order valence-corrected chi connectivity index (χ0v) is 8.89. The number of carbonyl (C=O) groups is 2. The lowest BCUT2D eigenvalue weighted by Crippen LogP contribution is -2.29. The van der Waals surface area contributed by atoms with Gasteiger partial charge in [0.15, 0.2) is 5.11 Å². The average molecular weight is 231 g/mol. The van der Waals surface area contributed by atoms with Crippen LogP contribution in [0.25, 0.3) is 0 Å². The van der Waals surface area contributed by atoms with Crippen LogP contribution in [0.1, 0.15) is 12.8 Å². The fraction of sp³-hybridized carbons (Fsp3) is 0.625. The molecule has 1 unspecified atom stereocenters. The topological polar surface area (TPSA) is 90.5 Å². The van der Waals surface area contributed by atoms with E-state index in [1.807, 2.05) is 0 Å². The van der Waals surface area contributed by atoms with E-state index >= 15 is 0 Å². The van der Waals surface area contributed by atoms with Gasteiger partial charge in [0.05, 0.1) is 6.54 Å². The number of aliphatic carboxylic acids is 1. The Bertz CT molecular complexity index is 262. The maximum atomic E-state index is 10.2. The van der Waals surface area contributed by atoms with Crippen LogP contribution in [0.4, 0.5) is 0 Å². The van der Waals surface area contributed by atoms with Crippen molar-refractivity contribution in [1.29, 1.82) is 0 Å². The number of carboxylic acid groups (broad SMARTS) is 1. The van der Waals surface area contributed by atoms with E-state index in [9.17, 15) is 9.59 Å². The number of amides is 1. The highest BCUT2D eigenvalue weighted by atomic mass is 32.1. The van der Waals surface area contributed by atoms with Gasteiger partial charge in [0.25, 0.3) is 0 Å². The van der Waals surface area contributed by atoms with Crippen LogP contribution in [0.2, 0.25) is 0 Å². The van der Waals surface area contributed by atoms with Gasteiger partial charge in [-0.05, 0) is 31.6 Å². The second-order valence-electron chi connectivity index (χ2n) is 3.22. The lowest BCUT2D eigenvalue weighted by molar-refractivity contribution is -0.139. The molecule has 1 amide bonds. The van der Waals surface area contributed by atoms with Crippen LogP contribution in [-0.4, -0.2) is 41.2 Å². The molecule has 1 atom stereocenters. The molecule has 0 aromatic carbocycles. The molecule has 0 saturated carbocycles. The minimum Gasteiger partial charge on any atom is -0.480 e. The molecule has 2 aliphatic heterocycles. The minimum atomic E-state index is -0.720. The Morgan fingerprint density at radius 1 is 1.53 bits per heavy atom. The molecule has 0 aromatic rings. The van der Waals surface area contributed by atoms with E-state index in [0.29, 0.717) is 11.7 Å². The number of carboxylic acids is 1. The predicted molar refractivity (Wildman–Crippen MR) is 57.4 cm³/mol. The Morgan fingerprint density at radius 3 is 2.47 bits per heavy atom. The van der Waals surface area contributed by atoms with E-state index in [-0.39, 0.29) is 11.9 Å². The molecule has 0 aliphatic carbocycles. The molecule has 2 heterocycles. The third kappa shape index (κ3) is 4.22. The largest absolute Gasteiger partial charge is 0.480 e. The second-order valence-corrected chi connectivity index (χ2v) is 3.63. The first kappa shape index (κ1) is 11.9. The third-order valence-electron chi connectivity index (χ3n) is 2.02. The summed E-state index contributed by atoms with van der Waals surface area (Å²) in [6.45, 7) is 1.19. The summed E-state index contributed by atoms with van der Waals surface area (Å²) >= 11 is 4.55. The molecular weight excluding hydrogens is 218 g/mol. The van der Waals surface area contributed by atoms with Gasteiger partial charge < -0.3 is 21.1 Å². The van der Waals surface area contributed by atoms with Crippen LogP contribution >= 0.6 is 12.2 Å². The van der Waals surface area contributed by atoms with E-state index in [2.05, 4.69) is 28.2 Å². The normalized spacial score (nSPS) is 23.9. The van der Waals surface area contributed by atoms with Crippen molar-refractivity contribution in [2.75, 3.05) is 13.1 Å². The maximum Gasteiger partial charge on any atom is 0.320 e. The SMILES string of the molecule is O=C(O)C1CCCN1.O=C1CNC(=S)N1. The Kier molecular flexibility index (Phi) is 4.44. The Balaban J connectivity index is 0.000000151. The summed E-state index contributed by atoms with van der Waals surface area (Å²) in [4.78, 5) is 20.3. The number of thiocarbonyl (C=S) groups is 1. The smallest absolute Gasteiger partial charge is 0.320 e. The van der Waals surface area contributed by atoms with Crippen LogP contribution in [0.3, 0.4) is 0 Å². The lowest BCUT2D eigenvalue weighted by atomic mass is 10.2. The van der Waals surface area contributed by atoms with E-state index in [0.717, 1.165) is 19.4 Å². The first-order valence-electron chi connectivity index (χ1n) is 4.63. The molecule has 2 rings (SSSR count). The van der Waals surface area contributed by atoms with Crippen LogP contribution in [0, 0.1) is 0 Å². The molecule has 0 aromatic heterocycles. The zero-order chi connectivity index (χ0) is 11.3. The summed E-state index contributed by atoms with van der Waals surface area (Å²) in [5.74, 6) is -0.771. The van der Waals surface area contributed by atoms with Crippen molar-refractivity contribution in [2.45, 2.75) is 18.9 Å². The molecule has 15 heavy (non-hydrogen) atoms. The molecule has 0 bridgehead atoms. The molecule has 0 spiro atoms. The summed E-state index contributed by atoms with van der Waals surface area (Å²) in [5, 5.41) is 16.7. The van der Waals surface area contributed by atoms with Crippen molar-refractivity contribution < 1.29 is 14.7 Å². The lowest BCUT2D eigenvalue weighted by Gasteiger charge is -1.99. The van der Waals surface area contributed by atoms with Crippen LogP contribution in [0.5, 0.6) is 0 Å². The van der Waals surface area contributed by atoms with Gasteiger partial charge in [-0.15, -0.1) is 0 Å². The van der Waals surface area contributed by atoms with Gasteiger partial charge in [-0.2, -0.15) is 0 Å². The minimum absolute atomic E-state index is 0.0509. The van der Waals surface area contributed by atoms with E-state index in [1.54, 1.807) is 0 Å². The van der Waals surface area contributed by atoms with Crippen LogP contribution < -0.4 is 16.0 Å². The maximum absolute atomic E-state index is 10.2. The van der Waals surface area contributed by atoms with Crippen molar-refractivity contribution in [3.63, 3.8) is 0 Å². The number of hydrogen-bond donors (Lipinski definition) is 4. The van der Waals surface area contributed by atoms with Gasteiger partial charge in [0.2, 0.25) is 5.91 Å². The fourth-order valence-corrected chi connectivity index (χ4v) is 1.46. The van der Waals surface area contributed by atoms with Gasteiger partial charge >= 0.3 is 5.97 Å². The van der Waals surface area contributed by atoms with Gasteiger partial charge in [-0.25, -0.2) is 0 Å². The third-order valence-corrected chi connectivity index (χ3v) is 2.27. The number of nitrogens with one attached hydrogen (secondary N) is 3. The number of hydrogen-bond acceptors (Lipinski definition) is 4. The first-order chi connectivity index (χ1) is 7.09. The standard InChI is InChI=1S/C5H9NO2.C3H4N2OS/c7-5(8)4-2-1-3-6-4;6-2-1-4-3(7)5-2/h4,6H,1-3H2,(H,7,8);1H2,(H2,4,5,6,7). The van der Waals surface area contributed by atoms with Crippen LogP contribution in [-0.2, 0) is 9.59 Å². The highest BCUT2D eigenvalue weighted by Gasteiger charge is 2.20. The monoisotopic (exact) mass is 231 g/mol. The van der Waals surface area contributed by atoms with Gasteiger partial charge in [-0.3, -0.25) is 9.59 Å². The van der Waals surface area contributed by atoms with E-state index in [1.165, 1.54) is 0 Å². The number of carbonyl (C=O) groups excluding carboxylic acids is 1. The highest BCUT2D eigenvalue weighted by Crippen LogP contribution is 2.03. The van der Waals surface area contributed by atoms with Gasteiger partial charge in [0.1, 0.15) is 6.04 Å². The predicted octanol–water partition coefficient (Wildman–Crippen LogP) is -1.19. The summed E-state index contributed by atoms with van der Waals surface area (Å²) < 4.78 is 0. The Hall–Kier alpha value is -1.21. The molecule has 2 saturated heterocycles. The Morgan fingerprint density at radius 2 is 2.27 bits per heavy atom. The van der Waals surface area contributed by atoms with Crippen molar-refractivity contribution >= 4 is 29.2 Å². The first-order valence-corrected chi connectivity index (χ1v) is 5.04. The molecule has 84 valence electrons. The summed E-state index contributed by atoms with van der Waals surface area (Å²) in [6, 6.07) is -0.269. The molecule has 2 aliphatic rings. The van der Waals surface area contributed by atoms with Crippen LogP contribution in [0.15, 0.2) is 0 Å². The van der Waals surface area contributed by atoms with E-state index in [4.69, 9.17) is 5.11 Å². The Labute approximate surface area is 92.4 Å². The summed E-state index contributed by atoms with van der Waals surface area (Å²) in [6.07, 6.45) is 1.78. The molecule has 7 heteroatoms. The van der Waals surface area contributed by atoms with E-state index < -0.39 is 5.97 Å². The summed E-state index contributed by atoms with van der Waals surface area (Å²) in [7, 11) is 0. The average Bonchev–Trinajstić information content (AvgIpc) is 2.77. The zero-order valence-electron chi connectivity index (χ0n) is 8.08. The number of rotatable bonds is 1. The second kappa shape index (κ2) is 5.62. The van der Waals surface area contributed by atoms with Gasteiger partial charge in [-0.1, -0.05) is 0 Å². The molecule has 0 radical (unpaired) electrons. The highest BCUT2D eigenvalue weighted by molar-refractivity contribution is 7.80. The van der Waals surface area contributed by atoms with Crippen molar-refractivity contribution in [2.24, 2.45) is 0 Å². The van der Waals surface area contributed by atoms with Crippen molar-refractivity contribution in [3.8, 4) is 0 Å². The fourth-order valence-electron chi connectivity index (χ4n) is 1.27. The van der Waals surface area contributed by atoms with Gasteiger partial charge in [0, 0.05) is 0 Å². The van der Waals surface area contributed by atoms with Crippen molar-refractivity contribution in [3.05, 3.63) is 0 Å². The molecular formula is C8H13N3O3S. The molecule has 2 fully saturated rings.